The number of sulfonamides is 1. The first-order valence-corrected chi connectivity index (χ1v) is 14.5. The second kappa shape index (κ2) is 13.8. The Morgan fingerprint density at radius 1 is 0.923 bits per heavy atom. The quantitative estimate of drug-likeness (QED) is 0.337. The molecule has 0 fully saturated rings. The second-order valence-electron chi connectivity index (χ2n) is 9.22. The first-order valence-electron chi connectivity index (χ1n) is 13.1. The minimum absolute atomic E-state index is 0.0431. The van der Waals surface area contributed by atoms with Crippen molar-refractivity contribution in [2.24, 2.45) is 0 Å². The number of benzene rings is 3. The van der Waals surface area contributed by atoms with Gasteiger partial charge < -0.3 is 15.0 Å². The molecule has 0 aliphatic rings. The van der Waals surface area contributed by atoms with Gasteiger partial charge in [-0.25, -0.2) is 8.42 Å². The fourth-order valence-electron chi connectivity index (χ4n) is 4.24. The summed E-state index contributed by atoms with van der Waals surface area (Å²) in [6.07, 6.45) is 1.12. The van der Waals surface area contributed by atoms with E-state index in [4.69, 9.17) is 4.74 Å². The fourth-order valence-corrected chi connectivity index (χ4v) is 5.69. The molecule has 208 valence electrons. The molecule has 9 heteroatoms. The maximum atomic E-state index is 14.1. The summed E-state index contributed by atoms with van der Waals surface area (Å²) in [5, 5.41) is 2.89. The number of methoxy groups -OCH3 is 1. The van der Waals surface area contributed by atoms with Gasteiger partial charge in [0.05, 0.1) is 17.7 Å². The first-order chi connectivity index (χ1) is 18.7. The molecule has 3 aromatic carbocycles. The number of rotatable bonds is 13. The Kier molecular flexibility index (Phi) is 10.5. The SMILES string of the molecule is CCCNC(=O)[C@H](CC)N(Cc1ccc(C)cc1)C(=O)CN(c1ccccc1OC)S(=O)(=O)c1ccccc1. The van der Waals surface area contributed by atoms with Crippen LogP contribution in [0.15, 0.2) is 83.8 Å². The summed E-state index contributed by atoms with van der Waals surface area (Å²) >= 11 is 0. The van der Waals surface area contributed by atoms with E-state index in [0.29, 0.717) is 18.7 Å². The van der Waals surface area contributed by atoms with Crippen molar-refractivity contribution in [2.75, 3.05) is 24.5 Å². The molecule has 0 bridgehead atoms. The number of para-hydroxylation sites is 2. The molecular weight excluding hydrogens is 514 g/mol. The van der Waals surface area contributed by atoms with Crippen LogP contribution in [0.5, 0.6) is 5.75 Å². The van der Waals surface area contributed by atoms with Crippen molar-refractivity contribution in [3.63, 3.8) is 0 Å². The zero-order valence-corrected chi connectivity index (χ0v) is 23.8. The molecule has 8 nitrogen and oxygen atoms in total. The number of amides is 2. The fraction of sp³-hybridized carbons (Fsp3) is 0.333. The van der Waals surface area contributed by atoms with Gasteiger partial charge in [0.25, 0.3) is 10.0 Å². The van der Waals surface area contributed by atoms with Crippen molar-refractivity contribution in [2.45, 2.75) is 51.1 Å². The van der Waals surface area contributed by atoms with E-state index < -0.39 is 28.5 Å². The molecule has 0 saturated heterocycles. The first kappa shape index (κ1) is 29.7. The molecule has 3 aromatic rings. The summed E-state index contributed by atoms with van der Waals surface area (Å²) in [4.78, 5) is 28.7. The van der Waals surface area contributed by atoms with Crippen LogP contribution >= 0.6 is 0 Å². The van der Waals surface area contributed by atoms with E-state index in [1.807, 2.05) is 45.0 Å². The summed E-state index contributed by atoms with van der Waals surface area (Å²) in [5.74, 6) is -0.461. The van der Waals surface area contributed by atoms with Crippen LogP contribution in [0.1, 0.15) is 37.8 Å². The van der Waals surface area contributed by atoms with Gasteiger partial charge in [0.15, 0.2) is 0 Å². The number of carbonyl (C=O) groups excluding carboxylic acids is 2. The molecule has 0 aromatic heterocycles. The lowest BCUT2D eigenvalue weighted by atomic mass is 10.1. The van der Waals surface area contributed by atoms with Crippen LogP contribution in [0.3, 0.4) is 0 Å². The number of nitrogens with zero attached hydrogens (tertiary/aromatic N) is 2. The summed E-state index contributed by atoms with van der Waals surface area (Å²) in [7, 11) is -2.71. The van der Waals surface area contributed by atoms with Crippen molar-refractivity contribution < 1.29 is 22.7 Å². The van der Waals surface area contributed by atoms with E-state index in [2.05, 4.69) is 5.32 Å². The second-order valence-corrected chi connectivity index (χ2v) is 11.1. The topological polar surface area (TPSA) is 96.0 Å². The Bertz CT molecular complexity index is 1340. The zero-order valence-electron chi connectivity index (χ0n) is 23.0. The molecule has 2 amide bonds. The predicted octanol–water partition coefficient (Wildman–Crippen LogP) is 4.53. The third kappa shape index (κ3) is 7.38. The summed E-state index contributed by atoms with van der Waals surface area (Å²) in [6, 6.07) is 21.5. The molecule has 0 aliphatic heterocycles. The van der Waals surface area contributed by atoms with Crippen molar-refractivity contribution >= 4 is 27.5 Å². The van der Waals surface area contributed by atoms with Gasteiger partial charge in [-0.15, -0.1) is 0 Å². The lowest BCUT2D eigenvalue weighted by Gasteiger charge is -2.33. The van der Waals surface area contributed by atoms with E-state index >= 15 is 0 Å². The highest BCUT2D eigenvalue weighted by molar-refractivity contribution is 7.92. The smallest absolute Gasteiger partial charge is 0.264 e. The highest BCUT2D eigenvalue weighted by Crippen LogP contribution is 2.32. The van der Waals surface area contributed by atoms with Crippen LogP contribution in [0, 0.1) is 6.92 Å². The number of nitrogens with one attached hydrogen (secondary N) is 1. The number of aryl methyl sites for hydroxylation is 1. The summed E-state index contributed by atoms with van der Waals surface area (Å²) in [6.45, 7) is 5.89. The van der Waals surface area contributed by atoms with Gasteiger partial charge in [-0.2, -0.15) is 0 Å². The van der Waals surface area contributed by atoms with Gasteiger partial charge in [0.1, 0.15) is 18.3 Å². The Morgan fingerprint density at radius 3 is 2.18 bits per heavy atom. The van der Waals surface area contributed by atoms with E-state index in [1.54, 1.807) is 42.5 Å². The highest BCUT2D eigenvalue weighted by Gasteiger charge is 2.34. The molecule has 0 unspecified atom stereocenters. The van der Waals surface area contributed by atoms with Crippen LogP contribution in [0.4, 0.5) is 5.69 Å². The highest BCUT2D eigenvalue weighted by atomic mass is 32.2. The number of carbonyl (C=O) groups is 2. The summed E-state index contributed by atoms with van der Waals surface area (Å²) in [5.41, 5.74) is 2.14. The van der Waals surface area contributed by atoms with Crippen molar-refractivity contribution in [1.82, 2.24) is 10.2 Å². The zero-order chi connectivity index (χ0) is 28.4. The molecule has 0 radical (unpaired) electrons. The van der Waals surface area contributed by atoms with Crippen LogP contribution in [0.25, 0.3) is 0 Å². The molecule has 0 saturated carbocycles. The minimum atomic E-state index is -4.16. The third-order valence-corrected chi connectivity index (χ3v) is 8.15. The Balaban J connectivity index is 2.07. The molecule has 1 atom stereocenters. The van der Waals surface area contributed by atoms with Crippen LogP contribution < -0.4 is 14.4 Å². The number of ether oxygens (including phenoxy) is 1. The van der Waals surface area contributed by atoms with Crippen molar-refractivity contribution in [3.05, 3.63) is 90.0 Å². The molecule has 0 spiro atoms. The molecule has 1 N–H and O–H groups in total. The van der Waals surface area contributed by atoms with Crippen molar-refractivity contribution in [1.29, 1.82) is 0 Å². The molecule has 39 heavy (non-hydrogen) atoms. The normalized spacial score (nSPS) is 11.9. The standard InChI is InChI=1S/C30H37N3O5S/c1-5-20-31-30(35)26(6-2)32(21-24-18-16-23(3)17-19-24)29(34)22-33(27-14-10-11-15-28(27)38-4)39(36,37)25-12-8-7-9-13-25/h7-19,26H,5-6,20-22H2,1-4H3,(H,31,35)/t26-/m0/s1. The number of hydrogen-bond donors (Lipinski definition) is 1. The summed E-state index contributed by atoms with van der Waals surface area (Å²) < 4.78 is 34.3. The van der Waals surface area contributed by atoms with Gasteiger partial charge in [0.2, 0.25) is 11.8 Å². The number of anilines is 1. The minimum Gasteiger partial charge on any atom is -0.495 e. The van der Waals surface area contributed by atoms with Gasteiger partial charge in [0, 0.05) is 13.1 Å². The monoisotopic (exact) mass is 551 g/mol. The van der Waals surface area contributed by atoms with Gasteiger partial charge >= 0.3 is 0 Å². The predicted molar refractivity (Wildman–Crippen MR) is 153 cm³/mol. The van der Waals surface area contributed by atoms with Crippen LogP contribution in [-0.4, -0.2) is 51.4 Å². The van der Waals surface area contributed by atoms with E-state index in [0.717, 1.165) is 21.9 Å². The van der Waals surface area contributed by atoms with Gasteiger partial charge in [-0.05, 0) is 49.6 Å². The molecular formula is C30H37N3O5S. The molecule has 3 rings (SSSR count). The average molecular weight is 552 g/mol. The van der Waals surface area contributed by atoms with Gasteiger partial charge in [-0.1, -0.05) is 74.0 Å². The van der Waals surface area contributed by atoms with Crippen LogP contribution in [0.2, 0.25) is 0 Å². The number of hydrogen-bond acceptors (Lipinski definition) is 5. The lowest BCUT2D eigenvalue weighted by molar-refractivity contribution is -0.140. The van der Waals surface area contributed by atoms with Gasteiger partial charge in [-0.3, -0.25) is 13.9 Å². The van der Waals surface area contributed by atoms with E-state index in [1.165, 1.54) is 24.1 Å². The maximum Gasteiger partial charge on any atom is 0.264 e. The van der Waals surface area contributed by atoms with E-state index in [9.17, 15) is 18.0 Å². The Hall–Kier alpha value is -3.85. The lowest BCUT2D eigenvalue weighted by Crippen LogP contribution is -2.52. The average Bonchev–Trinajstić information content (AvgIpc) is 2.95. The largest absolute Gasteiger partial charge is 0.495 e. The van der Waals surface area contributed by atoms with Crippen molar-refractivity contribution in [3.8, 4) is 5.75 Å². The molecule has 0 aliphatic carbocycles. The molecule has 0 heterocycles. The van der Waals surface area contributed by atoms with E-state index in [-0.39, 0.29) is 23.0 Å². The Morgan fingerprint density at radius 2 is 1.56 bits per heavy atom. The van der Waals surface area contributed by atoms with Crippen LogP contribution in [-0.2, 0) is 26.2 Å². The maximum absolute atomic E-state index is 14.1. The Labute approximate surface area is 231 Å². The third-order valence-electron chi connectivity index (χ3n) is 6.37.